The molecule has 0 bridgehead atoms. The van der Waals surface area contributed by atoms with Crippen molar-refractivity contribution in [1.82, 2.24) is 5.32 Å². The molecule has 0 aliphatic heterocycles. The van der Waals surface area contributed by atoms with Crippen LogP contribution < -0.4 is 25.4 Å². The molecule has 174 valence electrons. The molecule has 0 aromatic heterocycles. The number of amides is 2. The van der Waals surface area contributed by atoms with Gasteiger partial charge in [-0.1, -0.05) is 29.8 Å². The van der Waals surface area contributed by atoms with Gasteiger partial charge in [-0.3, -0.25) is 9.59 Å². The van der Waals surface area contributed by atoms with Crippen molar-refractivity contribution in [1.29, 1.82) is 0 Å². The zero-order valence-corrected chi connectivity index (χ0v) is 21.1. The van der Waals surface area contributed by atoms with E-state index in [0.717, 1.165) is 21.4 Å². The maximum atomic E-state index is 12.0. The van der Waals surface area contributed by atoms with E-state index in [-0.39, 0.29) is 29.9 Å². The number of hydrogen-bond donors (Lipinski definition) is 3. The third-order valence-corrected chi connectivity index (χ3v) is 5.10. The summed E-state index contributed by atoms with van der Waals surface area (Å²) in [6.45, 7) is 9.90. The molecule has 2 aromatic carbocycles. The van der Waals surface area contributed by atoms with Gasteiger partial charge in [0.05, 0.1) is 7.11 Å². The summed E-state index contributed by atoms with van der Waals surface area (Å²) in [6.07, 6.45) is 0. The van der Waals surface area contributed by atoms with E-state index in [0.29, 0.717) is 18.0 Å². The molecule has 3 N–H and O–H groups in total. The number of hydrogen-bond acceptors (Lipinski definition) is 5. The molecular weight excluding hydrogens is 474 g/mol. The lowest BCUT2D eigenvalue weighted by molar-refractivity contribution is -0.124. The molecule has 2 amide bonds. The highest BCUT2D eigenvalue weighted by molar-refractivity contribution is 9.10. The summed E-state index contributed by atoms with van der Waals surface area (Å²) >= 11 is 3.57. The first-order chi connectivity index (χ1) is 15.0. The normalized spacial score (nSPS) is 11.1. The van der Waals surface area contributed by atoms with Gasteiger partial charge in [-0.05, 0) is 62.7 Å². The van der Waals surface area contributed by atoms with Gasteiger partial charge in [0.15, 0.2) is 18.1 Å². The van der Waals surface area contributed by atoms with Gasteiger partial charge in [-0.2, -0.15) is 0 Å². The third kappa shape index (κ3) is 8.07. The van der Waals surface area contributed by atoms with E-state index >= 15 is 0 Å². The molecule has 0 unspecified atom stereocenters. The highest BCUT2D eigenvalue weighted by Gasteiger charge is 2.16. The van der Waals surface area contributed by atoms with Gasteiger partial charge >= 0.3 is 0 Å². The Labute approximate surface area is 198 Å². The zero-order valence-electron chi connectivity index (χ0n) is 19.5. The molecule has 0 spiro atoms. The molecule has 2 rings (SSSR count). The summed E-state index contributed by atoms with van der Waals surface area (Å²) in [5, 5.41) is 9.08. The second-order valence-electron chi connectivity index (χ2n) is 8.76. The van der Waals surface area contributed by atoms with Crippen LogP contribution in [0.1, 0.15) is 40.2 Å². The molecule has 0 radical (unpaired) electrons. The number of rotatable bonds is 9. The lowest BCUT2D eigenvalue weighted by Crippen LogP contribution is -2.43. The van der Waals surface area contributed by atoms with Crippen molar-refractivity contribution < 1.29 is 19.1 Å². The minimum Gasteiger partial charge on any atom is -0.493 e. The fourth-order valence-electron chi connectivity index (χ4n) is 2.74. The molecule has 0 saturated heterocycles. The van der Waals surface area contributed by atoms with E-state index in [1.807, 2.05) is 65.0 Å². The van der Waals surface area contributed by atoms with Gasteiger partial charge in [-0.25, -0.2) is 0 Å². The van der Waals surface area contributed by atoms with Crippen molar-refractivity contribution in [3.05, 3.63) is 46.4 Å². The van der Waals surface area contributed by atoms with Gasteiger partial charge < -0.3 is 25.4 Å². The topological polar surface area (TPSA) is 88.7 Å². The van der Waals surface area contributed by atoms with Crippen LogP contribution in [0.5, 0.6) is 11.5 Å². The summed E-state index contributed by atoms with van der Waals surface area (Å²) in [6, 6.07) is 11.2. The van der Waals surface area contributed by atoms with E-state index < -0.39 is 0 Å². The van der Waals surface area contributed by atoms with Crippen molar-refractivity contribution in [2.24, 2.45) is 5.92 Å². The number of ether oxygens (including phenoxy) is 2. The highest BCUT2D eigenvalue weighted by atomic mass is 79.9. The molecule has 0 saturated carbocycles. The molecule has 0 aliphatic carbocycles. The lowest BCUT2D eigenvalue weighted by atomic mass is 10.1. The summed E-state index contributed by atoms with van der Waals surface area (Å²) < 4.78 is 12.0. The van der Waals surface area contributed by atoms with Crippen LogP contribution in [0.25, 0.3) is 0 Å². The summed E-state index contributed by atoms with van der Waals surface area (Å²) in [5.41, 5.74) is 2.32. The van der Waals surface area contributed by atoms with Crippen molar-refractivity contribution in [3.8, 4) is 11.5 Å². The standard InChI is InChI=1S/C24H32BrN3O4/c1-15(2)23(30)27-18-9-7-17(8-10-18)26-13-16-11-20(31-6)21(12-19(16)25)32-14-22(29)28-24(3,4)5/h7-12,15,26H,13-14H2,1-6H3,(H,27,30)(H,28,29). The Kier molecular flexibility index (Phi) is 8.95. The number of methoxy groups -OCH3 is 1. The second kappa shape index (κ2) is 11.2. The highest BCUT2D eigenvalue weighted by Crippen LogP contribution is 2.34. The van der Waals surface area contributed by atoms with Gasteiger partial charge in [0.1, 0.15) is 0 Å². The largest absolute Gasteiger partial charge is 0.493 e. The molecule has 2 aromatic rings. The van der Waals surface area contributed by atoms with Crippen LogP contribution in [-0.2, 0) is 16.1 Å². The van der Waals surface area contributed by atoms with E-state index in [4.69, 9.17) is 9.47 Å². The Morgan fingerprint density at radius 3 is 2.22 bits per heavy atom. The Balaban J connectivity index is 2.00. The van der Waals surface area contributed by atoms with Gasteiger partial charge in [-0.15, -0.1) is 0 Å². The predicted octanol–water partition coefficient (Wildman–Crippen LogP) is 4.96. The van der Waals surface area contributed by atoms with E-state index in [1.54, 1.807) is 13.2 Å². The SMILES string of the molecule is COc1cc(CNc2ccc(NC(=O)C(C)C)cc2)c(Br)cc1OCC(=O)NC(C)(C)C. The second-order valence-corrected chi connectivity index (χ2v) is 9.61. The number of carbonyl (C=O) groups is 2. The number of benzene rings is 2. The van der Waals surface area contributed by atoms with Crippen LogP contribution in [0.3, 0.4) is 0 Å². The van der Waals surface area contributed by atoms with Gasteiger partial charge in [0.25, 0.3) is 5.91 Å². The quantitative estimate of drug-likeness (QED) is 0.448. The van der Waals surface area contributed by atoms with Crippen LogP contribution >= 0.6 is 15.9 Å². The molecule has 8 heteroatoms. The fraction of sp³-hybridized carbons (Fsp3) is 0.417. The van der Waals surface area contributed by atoms with Gasteiger partial charge in [0.2, 0.25) is 5.91 Å². The Bertz CT molecular complexity index is 937. The Hall–Kier alpha value is -2.74. The molecule has 0 atom stereocenters. The molecular formula is C24H32BrN3O4. The fourth-order valence-corrected chi connectivity index (χ4v) is 3.20. The number of anilines is 2. The first-order valence-electron chi connectivity index (χ1n) is 10.4. The molecule has 0 heterocycles. The number of halogens is 1. The average Bonchev–Trinajstić information content (AvgIpc) is 2.71. The first-order valence-corrected chi connectivity index (χ1v) is 11.2. The van der Waals surface area contributed by atoms with Crippen LogP contribution in [0.2, 0.25) is 0 Å². The Morgan fingerprint density at radius 2 is 1.66 bits per heavy atom. The summed E-state index contributed by atoms with van der Waals surface area (Å²) in [4.78, 5) is 23.8. The zero-order chi connectivity index (χ0) is 23.9. The predicted molar refractivity (Wildman–Crippen MR) is 131 cm³/mol. The van der Waals surface area contributed by atoms with Crippen molar-refractivity contribution >= 4 is 39.1 Å². The minimum absolute atomic E-state index is 0.0140. The van der Waals surface area contributed by atoms with Crippen LogP contribution in [0.15, 0.2) is 40.9 Å². The van der Waals surface area contributed by atoms with E-state index in [9.17, 15) is 9.59 Å². The van der Waals surface area contributed by atoms with Crippen molar-refractivity contribution in [3.63, 3.8) is 0 Å². The summed E-state index contributed by atoms with van der Waals surface area (Å²) in [5.74, 6) is 0.743. The maximum Gasteiger partial charge on any atom is 0.258 e. The van der Waals surface area contributed by atoms with Crippen LogP contribution in [0, 0.1) is 5.92 Å². The van der Waals surface area contributed by atoms with Gasteiger partial charge in [0, 0.05) is 33.8 Å². The van der Waals surface area contributed by atoms with Crippen LogP contribution in [0.4, 0.5) is 11.4 Å². The molecule has 0 fully saturated rings. The summed E-state index contributed by atoms with van der Waals surface area (Å²) in [7, 11) is 1.56. The third-order valence-electron chi connectivity index (χ3n) is 4.37. The van der Waals surface area contributed by atoms with Crippen molar-refractivity contribution in [2.75, 3.05) is 24.4 Å². The number of nitrogens with one attached hydrogen (secondary N) is 3. The molecule has 32 heavy (non-hydrogen) atoms. The Morgan fingerprint density at radius 1 is 1.03 bits per heavy atom. The molecule has 7 nitrogen and oxygen atoms in total. The monoisotopic (exact) mass is 505 g/mol. The average molecular weight is 506 g/mol. The smallest absolute Gasteiger partial charge is 0.258 e. The first kappa shape index (κ1) is 25.5. The van der Waals surface area contributed by atoms with Crippen LogP contribution in [-0.4, -0.2) is 31.1 Å². The van der Waals surface area contributed by atoms with E-state index in [2.05, 4.69) is 31.9 Å². The van der Waals surface area contributed by atoms with Crippen molar-refractivity contribution in [2.45, 2.75) is 46.7 Å². The lowest BCUT2D eigenvalue weighted by Gasteiger charge is -2.21. The molecule has 0 aliphatic rings. The maximum absolute atomic E-state index is 12.0. The van der Waals surface area contributed by atoms with E-state index in [1.165, 1.54) is 0 Å². The number of carbonyl (C=O) groups excluding carboxylic acids is 2. The minimum atomic E-state index is -0.321.